The monoisotopic (exact) mass is 1480 g/mol. The molecular formula is C81H124F6O17. The van der Waals surface area contributed by atoms with Gasteiger partial charge in [0.1, 0.15) is 29.0 Å². The van der Waals surface area contributed by atoms with Crippen LogP contribution in [0.2, 0.25) is 0 Å². The Hall–Kier alpha value is -4.25. The lowest BCUT2D eigenvalue weighted by atomic mass is 9.48. The number of aliphatic carboxylic acids is 1. The number of ether oxygens (including phenoxy) is 7. The lowest BCUT2D eigenvalue weighted by Gasteiger charge is -2.59. The molecule has 17 nitrogen and oxygen atoms in total. The summed E-state index contributed by atoms with van der Waals surface area (Å²) >= 11 is 0. The smallest absolute Gasteiger partial charge is 0.426 e. The number of esters is 6. The van der Waals surface area contributed by atoms with Crippen LogP contribution in [0.4, 0.5) is 26.3 Å². The first-order valence-corrected chi connectivity index (χ1v) is 39.8. The van der Waals surface area contributed by atoms with Gasteiger partial charge in [0.15, 0.2) is 12.2 Å². The zero-order valence-corrected chi connectivity index (χ0v) is 64.9. The van der Waals surface area contributed by atoms with Crippen molar-refractivity contribution in [3.05, 3.63) is 0 Å². The van der Waals surface area contributed by atoms with Gasteiger partial charge in [0.05, 0.1) is 50.1 Å². The molecule has 16 atom stereocenters. The molecule has 13 aliphatic carbocycles. The average molecular weight is 1480 g/mol. The first-order valence-electron chi connectivity index (χ1n) is 39.8. The number of carbonyl (C=O) groups is 7. The molecule has 592 valence electrons. The van der Waals surface area contributed by atoms with E-state index in [1.807, 2.05) is 76.2 Å². The summed E-state index contributed by atoms with van der Waals surface area (Å²) in [6, 6.07) is 0. The van der Waals surface area contributed by atoms with Crippen LogP contribution in [0, 0.1) is 104 Å². The number of hydrogen-bond acceptors (Lipinski definition) is 16. The zero-order valence-electron chi connectivity index (χ0n) is 64.9. The number of aliphatic hydroxyl groups is 2. The predicted molar refractivity (Wildman–Crippen MR) is 371 cm³/mol. The number of carbonyl (C=O) groups excluding carboxylic acids is 6. The first-order chi connectivity index (χ1) is 48.0. The van der Waals surface area contributed by atoms with Gasteiger partial charge in [0.25, 0.3) is 5.60 Å². The van der Waals surface area contributed by atoms with E-state index in [9.17, 15) is 75.2 Å². The molecule has 0 aromatic heterocycles. The Kier molecular flexibility index (Phi) is 22.8. The molecule has 0 radical (unpaired) electrons. The third kappa shape index (κ3) is 15.5. The number of rotatable bonds is 18. The summed E-state index contributed by atoms with van der Waals surface area (Å²) in [6.45, 7) is 30.8. The molecule has 13 saturated carbocycles. The van der Waals surface area contributed by atoms with E-state index in [2.05, 4.69) is 13.8 Å². The number of fused-ring (bicyclic) bond motifs is 10. The zero-order chi connectivity index (χ0) is 77.1. The molecule has 3 aliphatic heterocycles. The standard InChI is InChI=1S/C20H32O2.C17H26O4.C16H26O3.C15H22F6O3.C13H18O5/c1-5-19(3,4)18(21)22-20(6-2)11-14-10-15(20)17-13-8-7-12(9-13)16(14)17;1-4-15(2,3)14(20)21-17-8-11-5-12(9-17)7-16(6-11,10-17)13(18)19;1-4-14(2,3)13(17)19-16-8-11-5-12(9-16)7-15(18,6-11)10-16;1-4-12(2,3)11(22)24-10-7-5-9(6-8-10)13(23,14(16,17)18)15(19,20)21;1-4-13(2,3)12(15)18-9-7-5-6-8(16-7)10(9)17-11(6)14/h12-17H,5-11H2,1-4H3;11-12H,4-10H2,1-3H3,(H,18,19);11-12,18H,4-10H2,1-3H3;9-10,23H,4-8H2,1-3H3;6-10H,4-5H2,1-3H3. The molecule has 23 heteroatoms. The molecule has 104 heavy (non-hydrogen) atoms. The van der Waals surface area contributed by atoms with Crippen molar-refractivity contribution in [3.8, 4) is 0 Å². The minimum atomic E-state index is -5.82. The highest BCUT2D eigenvalue weighted by Gasteiger charge is 2.74. The Morgan fingerprint density at radius 1 is 0.490 bits per heavy atom. The average Bonchev–Trinajstić information content (AvgIpc) is 1.45. The summed E-state index contributed by atoms with van der Waals surface area (Å²) < 4.78 is 117. The highest BCUT2D eigenvalue weighted by molar-refractivity contribution is 5.80. The molecule has 16 unspecified atom stereocenters. The Bertz CT molecular complexity index is 3140. The predicted octanol–water partition coefficient (Wildman–Crippen LogP) is 16.7. The van der Waals surface area contributed by atoms with E-state index < -0.39 is 105 Å². The normalized spacial score (nSPS) is 39.3. The molecule has 0 aromatic rings. The van der Waals surface area contributed by atoms with Gasteiger partial charge in [-0.25, -0.2) is 0 Å². The Morgan fingerprint density at radius 2 is 0.923 bits per heavy atom. The van der Waals surface area contributed by atoms with Crippen molar-refractivity contribution in [1.29, 1.82) is 0 Å². The van der Waals surface area contributed by atoms with Crippen molar-refractivity contribution < 1.29 is 108 Å². The van der Waals surface area contributed by atoms with Gasteiger partial charge in [-0.2, -0.15) is 26.3 Å². The fourth-order valence-electron chi connectivity index (χ4n) is 22.0. The van der Waals surface area contributed by atoms with Gasteiger partial charge in [-0.3, -0.25) is 33.6 Å². The molecule has 0 aromatic carbocycles. The van der Waals surface area contributed by atoms with Crippen LogP contribution in [0.1, 0.15) is 291 Å². The van der Waals surface area contributed by atoms with Gasteiger partial charge in [0, 0.05) is 24.7 Å². The summed E-state index contributed by atoms with van der Waals surface area (Å²) in [7, 11) is 0. The topological polar surface area (TPSA) is 245 Å². The summed E-state index contributed by atoms with van der Waals surface area (Å²) in [5.41, 5.74) is -9.43. The number of carboxylic acid groups (broad SMARTS) is 1. The van der Waals surface area contributed by atoms with Crippen LogP contribution in [-0.4, -0.2) is 128 Å². The SMILES string of the molecule is CCC(C)(C)C(=O)OC1(CC)CC2CC1C1C3CCC(C3)C21.CCC(C)(C)C(=O)OC12CC3CC(C1)CC(C(=O)O)(C3)C2.CCC(C)(C)C(=O)OC12CC3CC(CC(O)(C3)C1)C2.CCC(C)(C)C(=O)OC1C2CC3C(=O)OC1C3O2.CCC(C)(C)C(=O)OC1CCC(C(O)(C(F)(F)F)C(F)(F)F)CC1. The molecule has 16 rings (SSSR count). The highest BCUT2D eigenvalue weighted by Crippen LogP contribution is 2.71. The van der Waals surface area contributed by atoms with E-state index in [1.165, 1.54) is 32.1 Å². The second-order valence-electron chi connectivity index (χ2n) is 38.6. The van der Waals surface area contributed by atoms with Crippen molar-refractivity contribution in [1.82, 2.24) is 0 Å². The maximum Gasteiger partial charge on any atom is 0.426 e. The first kappa shape index (κ1) is 82.2. The number of alkyl halides is 6. The Morgan fingerprint density at radius 3 is 1.37 bits per heavy atom. The van der Waals surface area contributed by atoms with Gasteiger partial charge in [0.2, 0.25) is 0 Å². The quantitative estimate of drug-likeness (QED) is 0.0500. The van der Waals surface area contributed by atoms with Gasteiger partial charge < -0.3 is 48.5 Å². The van der Waals surface area contributed by atoms with Crippen LogP contribution in [0.3, 0.4) is 0 Å². The van der Waals surface area contributed by atoms with Gasteiger partial charge >= 0.3 is 54.1 Å². The second-order valence-corrected chi connectivity index (χ2v) is 38.6. The summed E-state index contributed by atoms with van der Waals surface area (Å²) in [5, 5.41) is 29.7. The lowest BCUT2D eigenvalue weighted by Crippen LogP contribution is -2.62. The van der Waals surface area contributed by atoms with Crippen LogP contribution in [0.25, 0.3) is 0 Å². The maximum absolute atomic E-state index is 12.8. The number of hydrogen-bond donors (Lipinski definition) is 3. The fourth-order valence-corrected chi connectivity index (χ4v) is 22.0. The van der Waals surface area contributed by atoms with E-state index in [1.54, 1.807) is 20.8 Å². The third-order valence-corrected chi connectivity index (χ3v) is 29.5. The third-order valence-electron chi connectivity index (χ3n) is 29.5. The van der Waals surface area contributed by atoms with Crippen molar-refractivity contribution in [2.24, 2.45) is 104 Å². The molecular weight excluding hydrogens is 1360 g/mol. The molecule has 16 aliphatic rings. The minimum Gasteiger partial charge on any atom is -0.481 e. The minimum absolute atomic E-state index is 0.0455. The molecule has 16 fully saturated rings. The van der Waals surface area contributed by atoms with Crippen LogP contribution in [0.5, 0.6) is 0 Å². The van der Waals surface area contributed by atoms with E-state index in [0.717, 1.165) is 119 Å². The van der Waals surface area contributed by atoms with Crippen LogP contribution in [0.15, 0.2) is 0 Å². The van der Waals surface area contributed by atoms with E-state index in [-0.39, 0.29) is 77.4 Å². The van der Waals surface area contributed by atoms with Crippen molar-refractivity contribution in [3.63, 3.8) is 0 Å². The second kappa shape index (κ2) is 28.9. The Balaban J connectivity index is 0.000000140. The summed E-state index contributed by atoms with van der Waals surface area (Å²) in [5.74, 6) is 3.29. The maximum atomic E-state index is 12.8. The van der Waals surface area contributed by atoms with Gasteiger partial charge in [-0.05, 0) is 289 Å². The van der Waals surface area contributed by atoms with Gasteiger partial charge in [-0.15, -0.1) is 0 Å². The Labute approximate surface area is 612 Å². The lowest BCUT2D eigenvalue weighted by molar-refractivity contribution is -0.387. The van der Waals surface area contributed by atoms with Crippen molar-refractivity contribution in [2.45, 2.75) is 361 Å². The fraction of sp³-hybridized carbons (Fsp3) is 0.914. The van der Waals surface area contributed by atoms with E-state index >= 15 is 0 Å². The molecule has 3 heterocycles. The number of carboxylic acids is 1. The van der Waals surface area contributed by atoms with Crippen LogP contribution >= 0.6 is 0 Å². The van der Waals surface area contributed by atoms with Crippen molar-refractivity contribution >= 4 is 41.8 Å². The van der Waals surface area contributed by atoms with Crippen LogP contribution in [-0.2, 0) is 66.7 Å². The molecule has 3 N–H and O–H groups in total. The molecule has 14 bridgehead atoms. The van der Waals surface area contributed by atoms with Crippen molar-refractivity contribution in [2.75, 3.05) is 0 Å². The highest BCUT2D eigenvalue weighted by atomic mass is 19.4. The summed E-state index contributed by atoms with van der Waals surface area (Å²) in [4.78, 5) is 84.9. The van der Waals surface area contributed by atoms with E-state index in [4.69, 9.17) is 33.2 Å². The molecule has 0 amide bonds. The number of halogens is 6. The molecule has 0 spiro atoms. The molecule has 3 saturated heterocycles. The largest absolute Gasteiger partial charge is 0.481 e. The van der Waals surface area contributed by atoms with E-state index in [0.29, 0.717) is 61.7 Å². The van der Waals surface area contributed by atoms with Crippen LogP contribution < -0.4 is 0 Å². The summed E-state index contributed by atoms with van der Waals surface area (Å²) in [6.07, 6.45) is 7.80. The van der Waals surface area contributed by atoms with Gasteiger partial charge in [-0.1, -0.05) is 41.5 Å².